The maximum atomic E-state index is 12.6. The van der Waals surface area contributed by atoms with E-state index in [1.54, 1.807) is 0 Å². The molecule has 1 unspecified atom stereocenters. The standard InChI is InChI=1S/C9H18F2N2/c10-9(11)8(1-4-12)7-2-5-13-6-3-7/h7-9,13H,1-6,12H2. The first kappa shape index (κ1) is 10.9. The number of hydrogen-bond donors (Lipinski definition) is 2. The zero-order chi connectivity index (χ0) is 9.68. The molecule has 1 aliphatic rings. The second-order valence-electron chi connectivity index (χ2n) is 3.66. The summed E-state index contributed by atoms with van der Waals surface area (Å²) in [4.78, 5) is 0. The fraction of sp³-hybridized carbons (Fsp3) is 1.00. The summed E-state index contributed by atoms with van der Waals surface area (Å²) in [6.07, 6.45) is -0.00144. The summed E-state index contributed by atoms with van der Waals surface area (Å²) >= 11 is 0. The van der Waals surface area contributed by atoms with Crippen molar-refractivity contribution in [1.82, 2.24) is 5.32 Å². The van der Waals surface area contributed by atoms with E-state index >= 15 is 0 Å². The Bertz CT molecular complexity index is 136. The van der Waals surface area contributed by atoms with Crippen molar-refractivity contribution in [3.8, 4) is 0 Å². The highest BCUT2D eigenvalue weighted by atomic mass is 19.3. The van der Waals surface area contributed by atoms with E-state index in [2.05, 4.69) is 5.32 Å². The van der Waals surface area contributed by atoms with Gasteiger partial charge in [0.25, 0.3) is 0 Å². The average molecular weight is 192 g/mol. The maximum absolute atomic E-state index is 12.6. The Kier molecular flexibility index (Phi) is 4.59. The van der Waals surface area contributed by atoms with E-state index in [1.807, 2.05) is 0 Å². The fourth-order valence-electron chi connectivity index (χ4n) is 2.03. The molecule has 1 atom stereocenters. The van der Waals surface area contributed by atoms with Crippen molar-refractivity contribution in [1.29, 1.82) is 0 Å². The minimum atomic E-state index is -2.20. The molecule has 1 fully saturated rings. The quantitative estimate of drug-likeness (QED) is 0.702. The summed E-state index contributed by atoms with van der Waals surface area (Å²) in [7, 11) is 0. The van der Waals surface area contributed by atoms with Crippen LogP contribution < -0.4 is 11.1 Å². The van der Waals surface area contributed by atoms with Gasteiger partial charge in [-0.25, -0.2) is 8.78 Å². The molecule has 0 aromatic heterocycles. The second-order valence-corrected chi connectivity index (χ2v) is 3.66. The Morgan fingerprint density at radius 3 is 2.38 bits per heavy atom. The number of halogens is 2. The monoisotopic (exact) mass is 192 g/mol. The molecule has 0 spiro atoms. The Hall–Kier alpha value is -0.220. The van der Waals surface area contributed by atoms with Crippen LogP contribution in [-0.4, -0.2) is 26.1 Å². The normalized spacial score (nSPS) is 22.2. The van der Waals surface area contributed by atoms with Crippen LogP contribution in [0.4, 0.5) is 8.78 Å². The van der Waals surface area contributed by atoms with Crippen molar-refractivity contribution in [2.75, 3.05) is 19.6 Å². The number of nitrogens with one attached hydrogen (secondary N) is 1. The first-order chi connectivity index (χ1) is 6.25. The highest BCUT2D eigenvalue weighted by Crippen LogP contribution is 2.29. The fourth-order valence-corrected chi connectivity index (χ4v) is 2.03. The van der Waals surface area contributed by atoms with Crippen molar-refractivity contribution in [3.05, 3.63) is 0 Å². The smallest absolute Gasteiger partial charge is 0.241 e. The van der Waals surface area contributed by atoms with Crippen LogP contribution in [0, 0.1) is 11.8 Å². The number of rotatable bonds is 4. The van der Waals surface area contributed by atoms with Crippen LogP contribution in [0.15, 0.2) is 0 Å². The molecular weight excluding hydrogens is 174 g/mol. The van der Waals surface area contributed by atoms with Crippen molar-refractivity contribution >= 4 is 0 Å². The number of hydrogen-bond acceptors (Lipinski definition) is 2. The van der Waals surface area contributed by atoms with Gasteiger partial charge in [-0.3, -0.25) is 0 Å². The molecule has 0 saturated carbocycles. The molecule has 78 valence electrons. The highest BCUT2D eigenvalue weighted by Gasteiger charge is 2.29. The van der Waals surface area contributed by atoms with Gasteiger partial charge in [0.05, 0.1) is 0 Å². The van der Waals surface area contributed by atoms with E-state index < -0.39 is 12.3 Å². The lowest BCUT2D eigenvalue weighted by molar-refractivity contribution is 0.0301. The van der Waals surface area contributed by atoms with Gasteiger partial charge in [-0.15, -0.1) is 0 Å². The van der Waals surface area contributed by atoms with E-state index in [0.717, 1.165) is 25.9 Å². The molecule has 3 N–H and O–H groups in total. The van der Waals surface area contributed by atoms with Crippen molar-refractivity contribution in [2.45, 2.75) is 25.7 Å². The van der Waals surface area contributed by atoms with E-state index in [0.29, 0.717) is 13.0 Å². The van der Waals surface area contributed by atoms with Gasteiger partial charge in [-0.05, 0) is 44.8 Å². The molecule has 0 bridgehead atoms. The number of piperidine rings is 1. The van der Waals surface area contributed by atoms with Crippen molar-refractivity contribution in [3.63, 3.8) is 0 Å². The first-order valence-corrected chi connectivity index (χ1v) is 4.94. The predicted molar refractivity (Wildman–Crippen MR) is 48.8 cm³/mol. The van der Waals surface area contributed by atoms with Crippen LogP contribution in [0.5, 0.6) is 0 Å². The number of nitrogens with two attached hydrogens (primary N) is 1. The minimum absolute atomic E-state index is 0.171. The molecule has 2 nitrogen and oxygen atoms in total. The van der Waals surface area contributed by atoms with Gasteiger partial charge < -0.3 is 11.1 Å². The third-order valence-electron chi connectivity index (χ3n) is 2.81. The van der Waals surface area contributed by atoms with E-state index in [-0.39, 0.29) is 5.92 Å². The summed E-state index contributed by atoms with van der Waals surface area (Å²) in [5, 5.41) is 3.17. The number of alkyl halides is 2. The maximum Gasteiger partial charge on any atom is 0.241 e. The molecule has 1 saturated heterocycles. The topological polar surface area (TPSA) is 38.0 Å². The van der Waals surface area contributed by atoms with Crippen molar-refractivity contribution < 1.29 is 8.78 Å². The van der Waals surface area contributed by atoms with Crippen LogP contribution in [0.25, 0.3) is 0 Å². The van der Waals surface area contributed by atoms with Crippen LogP contribution >= 0.6 is 0 Å². The SMILES string of the molecule is NCCC(C(F)F)C1CCNCC1. The summed E-state index contributed by atoms with van der Waals surface area (Å²) in [5.74, 6) is -0.308. The average Bonchev–Trinajstić information content (AvgIpc) is 2.15. The van der Waals surface area contributed by atoms with Crippen LogP contribution in [0.3, 0.4) is 0 Å². The van der Waals surface area contributed by atoms with Crippen LogP contribution in [0.2, 0.25) is 0 Å². The van der Waals surface area contributed by atoms with Crippen molar-refractivity contribution in [2.24, 2.45) is 17.6 Å². The van der Waals surface area contributed by atoms with Gasteiger partial charge in [0.15, 0.2) is 0 Å². The van der Waals surface area contributed by atoms with Crippen LogP contribution in [-0.2, 0) is 0 Å². The Morgan fingerprint density at radius 2 is 1.92 bits per heavy atom. The zero-order valence-corrected chi connectivity index (χ0v) is 7.81. The summed E-state index contributed by atoms with van der Waals surface area (Å²) in [5.41, 5.74) is 5.32. The Morgan fingerprint density at radius 1 is 1.31 bits per heavy atom. The molecular formula is C9H18F2N2. The summed E-state index contributed by atoms with van der Waals surface area (Å²) < 4.78 is 25.2. The van der Waals surface area contributed by atoms with Gasteiger partial charge >= 0.3 is 0 Å². The van der Waals surface area contributed by atoms with E-state index in [4.69, 9.17) is 5.73 Å². The van der Waals surface area contributed by atoms with Gasteiger partial charge in [0, 0.05) is 5.92 Å². The Labute approximate surface area is 77.9 Å². The molecule has 1 rings (SSSR count). The van der Waals surface area contributed by atoms with Crippen LogP contribution in [0.1, 0.15) is 19.3 Å². The van der Waals surface area contributed by atoms with E-state index in [9.17, 15) is 8.78 Å². The first-order valence-electron chi connectivity index (χ1n) is 4.94. The van der Waals surface area contributed by atoms with Gasteiger partial charge in [0.1, 0.15) is 0 Å². The lowest BCUT2D eigenvalue weighted by Crippen LogP contribution is -2.35. The van der Waals surface area contributed by atoms with Gasteiger partial charge in [-0.2, -0.15) is 0 Å². The predicted octanol–water partition coefficient (Wildman–Crippen LogP) is 1.22. The molecule has 0 aromatic rings. The summed E-state index contributed by atoms with van der Waals surface area (Å²) in [6, 6.07) is 0. The highest BCUT2D eigenvalue weighted by molar-refractivity contribution is 4.77. The lowest BCUT2D eigenvalue weighted by Gasteiger charge is -2.29. The molecule has 1 heterocycles. The van der Waals surface area contributed by atoms with Gasteiger partial charge in [0.2, 0.25) is 6.43 Å². The molecule has 1 aliphatic heterocycles. The zero-order valence-electron chi connectivity index (χ0n) is 7.81. The molecule has 4 heteroatoms. The molecule has 0 amide bonds. The second kappa shape index (κ2) is 5.50. The molecule has 0 radical (unpaired) electrons. The third kappa shape index (κ3) is 3.19. The third-order valence-corrected chi connectivity index (χ3v) is 2.81. The lowest BCUT2D eigenvalue weighted by atomic mass is 9.83. The molecule has 0 aromatic carbocycles. The van der Waals surface area contributed by atoms with E-state index in [1.165, 1.54) is 0 Å². The Balaban J connectivity index is 2.41. The largest absolute Gasteiger partial charge is 0.330 e. The van der Waals surface area contributed by atoms with Gasteiger partial charge in [-0.1, -0.05) is 0 Å². The molecule has 0 aliphatic carbocycles. The molecule has 13 heavy (non-hydrogen) atoms. The summed E-state index contributed by atoms with van der Waals surface area (Å²) in [6.45, 7) is 2.12. The minimum Gasteiger partial charge on any atom is -0.330 e.